The third kappa shape index (κ3) is 2.66. The third-order valence-electron chi connectivity index (χ3n) is 4.71. The highest BCUT2D eigenvalue weighted by molar-refractivity contribution is 6.33. The maximum absolute atomic E-state index is 12.8. The van der Waals surface area contributed by atoms with Gasteiger partial charge in [-0.25, -0.2) is 0 Å². The number of amides is 1. The summed E-state index contributed by atoms with van der Waals surface area (Å²) in [4.78, 5) is 12.8. The fourth-order valence-corrected chi connectivity index (χ4v) is 3.81. The average molecular weight is 321 g/mol. The second kappa shape index (κ2) is 6.01. The largest absolute Gasteiger partial charge is 0.368 e. The van der Waals surface area contributed by atoms with E-state index in [0.29, 0.717) is 17.0 Å². The summed E-state index contributed by atoms with van der Waals surface area (Å²) in [5.74, 6) is -0.246. The number of hydrogen-bond acceptors (Lipinski definition) is 3. The number of halogens is 1. The van der Waals surface area contributed by atoms with Gasteiger partial charge in [0.15, 0.2) is 5.72 Å². The number of hydrazone groups is 1. The molecule has 1 aromatic rings. The van der Waals surface area contributed by atoms with Crippen molar-refractivity contribution in [3.05, 3.63) is 34.9 Å². The first kappa shape index (κ1) is 15.5. The van der Waals surface area contributed by atoms with Gasteiger partial charge in [-0.2, -0.15) is 10.1 Å². The molecule has 0 aromatic heterocycles. The molecule has 1 amide bonds. The summed E-state index contributed by atoms with van der Waals surface area (Å²) >= 11 is 6.14. The monoisotopic (exact) mass is 320 g/mol. The van der Waals surface area contributed by atoms with Crippen molar-refractivity contribution in [3.63, 3.8) is 0 Å². The number of hydrogen-bond donors (Lipinski definition) is 1. The molecule has 1 aliphatic heterocycles. The van der Waals surface area contributed by atoms with Crippen LogP contribution in [0.5, 0.6) is 0 Å². The quantitative estimate of drug-likeness (QED) is 0.900. The smallest absolute Gasteiger partial charge is 0.278 e. The number of rotatable bonds is 2. The Bertz CT molecular complexity index is 610. The van der Waals surface area contributed by atoms with Gasteiger partial charge in [-0.3, -0.25) is 4.79 Å². The second-order valence-electron chi connectivity index (χ2n) is 6.32. The van der Waals surface area contributed by atoms with Crippen LogP contribution in [0.15, 0.2) is 29.4 Å². The van der Waals surface area contributed by atoms with Gasteiger partial charge in [-0.15, -0.1) is 0 Å². The molecule has 3 rings (SSSR count). The Morgan fingerprint density at radius 2 is 2.00 bits per heavy atom. The summed E-state index contributed by atoms with van der Waals surface area (Å²) in [5.41, 5.74) is -0.0360. The zero-order valence-corrected chi connectivity index (χ0v) is 13.5. The van der Waals surface area contributed by atoms with E-state index in [1.807, 2.05) is 6.92 Å². The maximum atomic E-state index is 12.8. The van der Waals surface area contributed by atoms with Crippen LogP contribution >= 0.6 is 11.6 Å². The molecule has 1 unspecified atom stereocenters. The lowest BCUT2D eigenvalue weighted by atomic mass is 9.79. The van der Waals surface area contributed by atoms with E-state index in [4.69, 9.17) is 11.6 Å². The van der Waals surface area contributed by atoms with Gasteiger partial charge in [0.05, 0.1) is 10.6 Å². The number of carbonyl (C=O) groups excluding carboxylic acids is 1. The Morgan fingerprint density at radius 1 is 1.32 bits per heavy atom. The molecule has 1 atom stereocenters. The minimum Gasteiger partial charge on any atom is -0.368 e. The molecule has 5 heteroatoms. The van der Waals surface area contributed by atoms with Crippen molar-refractivity contribution >= 4 is 23.2 Å². The van der Waals surface area contributed by atoms with Crippen LogP contribution in [0.3, 0.4) is 0 Å². The number of benzene rings is 1. The zero-order chi connectivity index (χ0) is 15.7. The summed E-state index contributed by atoms with van der Waals surface area (Å²) in [6.07, 6.45) is 5.69. The summed E-state index contributed by atoms with van der Waals surface area (Å²) < 4.78 is 0. The van der Waals surface area contributed by atoms with Crippen LogP contribution in [0.25, 0.3) is 0 Å². The van der Waals surface area contributed by atoms with E-state index in [0.717, 1.165) is 31.4 Å². The zero-order valence-electron chi connectivity index (χ0n) is 12.8. The van der Waals surface area contributed by atoms with Gasteiger partial charge in [0.25, 0.3) is 5.91 Å². The molecule has 1 heterocycles. The molecule has 118 valence electrons. The van der Waals surface area contributed by atoms with Crippen molar-refractivity contribution in [1.29, 1.82) is 0 Å². The third-order valence-corrected chi connectivity index (χ3v) is 5.04. The van der Waals surface area contributed by atoms with Crippen molar-refractivity contribution in [1.82, 2.24) is 5.01 Å². The van der Waals surface area contributed by atoms with Crippen molar-refractivity contribution < 1.29 is 9.90 Å². The topological polar surface area (TPSA) is 52.9 Å². The summed E-state index contributed by atoms with van der Waals surface area (Å²) in [6, 6.07) is 6.91. The molecule has 0 spiro atoms. The van der Waals surface area contributed by atoms with Crippen molar-refractivity contribution in [3.8, 4) is 0 Å². The van der Waals surface area contributed by atoms with Crippen LogP contribution in [0.2, 0.25) is 5.02 Å². The van der Waals surface area contributed by atoms with Gasteiger partial charge in [0.1, 0.15) is 0 Å². The van der Waals surface area contributed by atoms with Crippen LogP contribution in [0, 0.1) is 5.92 Å². The van der Waals surface area contributed by atoms with Gasteiger partial charge >= 0.3 is 0 Å². The normalized spacial score (nSPS) is 26.1. The molecular formula is C17H21ClN2O2. The van der Waals surface area contributed by atoms with Gasteiger partial charge in [-0.05, 0) is 31.9 Å². The highest BCUT2D eigenvalue weighted by Gasteiger charge is 2.49. The predicted molar refractivity (Wildman–Crippen MR) is 86.9 cm³/mol. The van der Waals surface area contributed by atoms with Crippen LogP contribution in [-0.2, 0) is 0 Å². The number of nitrogens with zero attached hydrogens (tertiary/aromatic N) is 2. The Morgan fingerprint density at radius 3 is 2.68 bits per heavy atom. The maximum Gasteiger partial charge on any atom is 0.278 e. The second-order valence-corrected chi connectivity index (χ2v) is 6.73. The molecule has 4 nitrogen and oxygen atoms in total. The number of aliphatic hydroxyl groups is 1. The molecule has 0 saturated heterocycles. The van der Waals surface area contributed by atoms with E-state index in [1.165, 1.54) is 11.4 Å². The van der Waals surface area contributed by atoms with E-state index in [2.05, 4.69) is 5.10 Å². The van der Waals surface area contributed by atoms with Gasteiger partial charge < -0.3 is 5.11 Å². The van der Waals surface area contributed by atoms with Crippen LogP contribution in [0.1, 0.15) is 55.8 Å². The highest BCUT2D eigenvalue weighted by atomic mass is 35.5. The molecule has 22 heavy (non-hydrogen) atoms. The molecule has 1 N–H and O–H groups in total. The number of carbonyl (C=O) groups is 1. The minimum absolute atomic E-state index is 0.0777. The van der Waals surface area contributed by atoms with Gasteiger partial charge in [-0.1, -0.05) is 43.0 Å². The summed E-state index contributed by atoms with van der Waals surface area (Å²) in [6.45, 7) is 1.85. The molecule has 0 bridgehead atoms. The molecule has 1 fully saturated rings. The van der Waals surface area contributed by atoms with E-state index >= 15 is 0 Å². The molecule has 1 aromatic carbocycles. The van der Waals surface area contributed by atoms with Gasteiger partial charge in [0, 0.05) is 18.1 Å². The molecule has 0 radical (unpaired) electrons. The summed E-state index contributed by atoms with van der Waals surface area (Å²) in [5, 5.41) is 17.2. The van der Waals surface area contributed by atoms with E-state index in [-0.39, 0.29) is 11.8 Å². The highest BCUT2D eigenvalue weighted by Crippen LogP contribution is 2.41. The van der Waals surface area contributed by atoms with Crippen molar-refractivity contribution in [2.75, 3.05) is 0 Å². The molecule has 1 saturated carbocycles. The fourth-order valence-electron chi connectivity index (χ4n) is 3.60. The fraction of sp³-hybridized carbons (Fsp3) is 0.529. The van der Waals surface area contributed by atoms with Crippen LogP contribution in [0.4, 0.5) is 0 Å². The van der Waals surface area contributed by atoms with Crippen LogP contribution < -0.4 is 0 Å². The molecule has 1 aliphatic carbocycles. The first-order chi connectivity index (χ1) is 10.5. The lowest BCUT2D eigenvalue weighted by Gasteiger charge is -2.40. The molecular weight excluding hydrogens is 300 g/mol. The minimum atomic E-state index is -1.21. The molecule has 2 aliphatic rings. The van der Waals surface area contributed by atoms with Crippen molar-refractivity contribution in [2.24, 2.45) is 11.0 Å². The summed E-state index contributed by atoms with van der Waals surface area (Å²) in [7, 11) is 0. The standard InChI is InChI=1S/C17H21ClN2O2/c1-12-11-17(22,13-7-3-2-4-8-13)20(19-12)16(21)14-9-5-6-10-15(14)18/h5-6,9-10,13,22H,2-4,7-8,11H2,1H3. The van der Waals surface area contributed by atoms with Crippen molar-refractivity contribution in [2.45, 2.75) is 51.2 Å². The Labute approximate surface area is 135 Å². The Hall–Kier alpha value is -1.39. The van der Waals surface area contributed by atoms with E-state index in [9.17, 15) is 9.90 Å². The lowest BCUT2D eigenvalue weighted by molar-refractivity contribution is -0.122. The first-order valence-electron chi connectivity index (χ1n) is 7.88. The van der Waals surface area contributed by atoms with E-state index in [1.54, 1.807) is 24.3 Å². The first-order valence-corrected chi connectivity index (χ1v) is 8.26. The van der Waals surface area contributed by atoms with Crippen LogP contribution in [-0.4, -0.2) is 27.5 Å². The predicted octanol–water partition coefficient (Wildman–Crippen LogP) is 3.83. The SMILES string of the molecule is CC1=NN(C(=O)c2ccccc2Cl)C(O)(C2CCCCC2)C1. The average Bonchev–Trinajstić information content (AvgIpc) is 2.84. The Kier molecular flexibility index (Phi) is 4.24. The lowest BCUT2D eigenvalue weighted by Crippen LogP contribution is -2.52. The Balaban J connectivity index is 1.92. The van der Waals surface area contributed by atoms with Gasteiger partial charge in [0.2, 0.25) is 0 Å². The van der Waals surface area contributed by atoms with E-state index < -0.39 is 5.72 Å².